The van der Waals surface area contributed by atoms with E-state index in [2.05, 4.69) is 10.4 Å². The van der Waals surface area contributed by atoms with Gasteiger partial charge in [-0.05, 0) is 65.8 Å². The summed E-state index contributed by atoms with van der Waals surface area (Å²) in [5, 5.41) is 15.8. The van der Waals surface area contributed by atoms with Gasteiger partial charge in [-0.2, -0.15) is 18.3 Å². The van der Waals surface area contributed by atoms with Crippen molar-refractivity contribution in [3.05, 3.63) is 75.0 Å². The molecule has 2 N–H and O–H groups in total. The molecular weight excluding hydrogens is 552 g/mol. The molecule has 2 aliphatic rings. The monoisotopic (exact) mass is 578 g/mol. The molecule has 12 heteroatoms. The lowest BCUT2D eigenvalue weighted by atomic mass is 9.98. The first-order chi connectivity index (χ1) is 18.4. The van der Waals surface area contributed by atoms with Gasteiger partial charge in [-0.3, -0.25) is 14.9 Å². The molecule has 1 aliphatic carbocycles. The molecular formula is C27H27Cl2F3N6O. The molecule has 2 aromatic carbocycles. The molecule has 3 aromatic rings. The number of guanidine groups is 1. The Morgan fingerprint density at radius 1 is 1.13 bits per heavy atom. The molecule has 1 aromatic heterocycles. The third-order valence-electron chi connectivity index (χ3n) is 7.09. The minimum atomic E-state index is -4.67. The highest BCUT2D eigenvalue weighted by Crippen LogP contribution is 2.42. The average molecular weight is 579 g/mol. The van der Waals surface area contributed by atoms with Gasteiger partial charge in [0.1, 0.15) is 0 Å². The van der Waals surface area contributed by atoms with E-state index in [4.69, 9.17) is 28.6 Å². The zero-order valence-electron chi connectivity index (χ0n) is 21.3. The molecule has 0 spiro atoms. The van der Waals surface area contributed by atoms with E-state index in [0.717, 1.165) is 23.1 Å². The fraction of sp³-hybridized carbons (Fsp3) is 0.370. The number of hydrogen-bond donors (Lipinski definition) is 2. The zero-order chi connectivity index (χ0) is 28.1. The van der Waals surface area contributed by atoms with Crippen LogP contribution in [-0.2, 0) is 19.8 Å². The van der Waals surface area contributed by atoms with Gasteiger partial charge < -0.3 is 15.1 Å². The molecule has 1 saturated heterocycles. The maximum absolute atomic E-state index is 13.8. The smallest absolute Gasteiger partial charge is 0.345 e. The van der Waals surface area contributed by atoms with Gasteiger partial charge in [-0.25, -0.2) is 0 Å². The van der Waals surface area contributed by atoms with Gasteiger partial charge in [0, 0.05) is 51.1 Å². The first-order valence-electron chi connectivity index (χ1n) is 12.5. The highest BCUT2D eigenvalue weighted by molar-refractivity contribution is 6.42. The fourth-order valence-electron chi connectivity index (χ4n) is 4.91. The van der Waals surface area contributed by atoms with Crippen molar-refractivity contribution in [3.8, 4) is 11.1 Å². The number of nitrogens with zero attached hydrogens (tertiary/aromatic N) is 4. The van der Waals surface area contributed by atoms with E-state index in [9.17, 15) is 18.0 Å². The Hall–Kier alpha value is -3.24. The van der Waals surface area contributed by atoms with Gasteiger partial charge in [0.05, 0.1) is 16.1 Å². The highest BCUT2D eigenvalue weighted by atomic mass is 35.5. The van der Waals surface area contributed by atoms with Crippen LogP contribution in [0.1, 0.15) is 46.1 Å². The van der Waals surface area contributed by atoms with E-state index < -0.39 is 17.8 Å². The molecule has 1 amide bonds. The molecule has 7 nitrogen and oxygen atoms in total. The number of carbonyl (C=O) groups is 1. The SMILES string of the molecule is CN1CCN(Cc2cc(C(=O)N[C@H](c3ccc(Cl)c(Cl)c3)C3CC3)cc(-c3cn(C)nc3C(F)(F)F)c2)C1=N. The number of likely N-dealkylation sites (N-methyl/N-ethyl adjacent to an activating group) is 1. The predicted molar refractivity (Wildman–Crippen MR) is 144 cm³/mol. The quantitative estimate of drug-likeness (QED) is 0.362. The normalized spacial score (nSPS) is 16.6. The van der Waals surface area contributed by atoms with Crippen molar-refractivity contribution in [1.29, 1.82) is 5.41 Å². The van der Waals surface area contributed by atoms with Gasteiger partial charge in [-0.1, -0.05) is 29.3 Å². The van der Waals surface area contributed by atoms with Crippen LogP contribution < -0.4 is 5.32 Å². The van der Waals surface area contributed by atoms with E-state index in [1.54, 1.807) is 29.2 Å². The van der Waals surface area contributed by atoms with Crippen LogP contribution in [0.4, 0.5) is 13.2 Å². The predicted octanol–water partition coefficient (Wildman–Crippen LogP) is 5.98. The maximum Gasteiger partial charge on any atom is 0.435 e. The van der Waals surface area contributed by atoms with E-state index in [-0.39, 0.29) is 35.2 Å². The Morgan fingerprint density at radius 3 is 2.49 bits per heavy atom. The summed E-state index contributed by atoms with van der Waals surface area (Å²) in [5.41, 5.74) is 0.759. The Morgan fingerprint density at radius 2 is 1.87 bits per heavy atom. The van der Waals surface area contributed by atoms with E-state index in [0.29, 0.717) is 34.7 Å². The molecule has 1 aliphatic heterocycles. The number of benzene rings is 2. The number of aromatic nitrogens is 2. The number of alkyl halides is 3. The molecule has 2 fully saturated rings. The summed E-state index contributed by atoms with van der Waals surface area (Å²) in [6.45, 7) is 1.54. The Kier molecular flexibility index (Phi) is 7.28. The summed E-state index contributed by atoms with van der Waals surface area (Å²) in [5.74, 6) is 0.133. The van der Waals surface area contributed by atoms with Gasteiger partial charge in [0.2, 0.25) is 0 Å². The van der Waals surface area contributed by atoms with Gasteiger partial charge in [-0.15, -0.1) is 0 Å². The lowest BCUT2D eigenvalue weighted by Crippen LogP contribution is -2.31. The zero-order valence-corrected chi connectivity index (χ0v) is 22.8. The lowest BCUT2D eigenvalue weighted by molar-refractivity contribution is -0.140. The average Bonchev–Trinajstić information content (AvgIpc) is 3.57. The Bertz CT molecular complexity index is 1440. The summed E-state index contributed by atoms with van der Waals surface area (Å²) in [4.78, 5) is 17.2. The number of aryl methyl sites for hydroxylation is 1. The number of hydrogen-bond acceptors (Lipinski definition) is 3. The number of nitrogens with one attached hydrogen (secondary N) is 2. The van der Waals surface area contributed by atoms with Crippen molar-refractivity contribution in [2.24, 2.45) is 13.0 Å². The number of halogens is 5. The third-order valence-corrected chi connectivity index (χ3v) is 7.82. The van der Waals surface area contributed by atoms with Crippen LogP contribution in [0.15, 0.2) is 42.6 Å². The van der Waals surface area contributed by atoms with Crippen molar-refractivity contribution in [2.75, 3.05) is 20.1 Å². The molecule has 39 heavy (non-hydrogen) atoms. The topological polar surface area (TPSA) is 77.2 Å². The summed E-state index contributed by atoms with van der Waals surface area (Å²) in [6.07, 6.45) is -1.49. The van der Waals surface area contributed by atoms with Crippen LogP contribution in [0.25, 0.3) is 11.1 Å². The standard InChI is InChI=1S/C27H27Cl2F3N6O/c1-36-7-8-38(26(36)33)13-15-9-18(20-14-37(2)35-24(20)27(30,31)32)11-19(10-15)25(39)34-23(16-3-4-16)17-5-6-21(28)22(29)12-17/h5-6,9-12,14,16,23,33H,3-4,7-8,13H2,1-2H3,(H,34,39)/t23-/m0/s1. The van der Waals surface area contributed by atoms with E-state index >= 15 is 0 Å². The Balaban J connectivity index is 1.52. The van der Waals surface area contributed by atoms with Crippen LogP contribution in [-0.4, -0.2) is 51.6 Å². The molecule has 1 saturated carbocycles. The molecule has 1 atom stereocenters. The van der Waals surface area contributed by atoms with Crippen molar-refractivity contribution in [2.45, 2.75) is 31.6 Å². The molecule has 206 valence electrons. The number of rotatable bonds is 7. The molecule has 0 bridgehead atoms. The van der Waals surface area contributed by atoms with Crippen molar-refractivity contribution in [3.63, 3.8) is 0 Å². The van der Waals surface area contributed by atoms with Crippen molar-refractivity contribution < 1.29 is 18.0 Å². The number of carbonyl (C=O) groups excluding carboxylic acids is 1. The van der Waals surface area contributed by atoms with Crippen LogP contribution in [0.2, 0.25) is 10.0 Å². The maximum atomic E-state index is 13.8. The van der Waals surface area contributed by atoms with Gasteiger partial charge >= 0.3 is 6.18 Å². The van der Waals surface area contributed by atoms with Gasteiger partial charge in [0.25, 0.3) is 5.91 Å². The second-order valence-corrected chi connectivity index (χ2v) is 10.9. The second kappa shape index (κ2) is 10.4. The second-order valence-electron chi connectivity index (χ2n) is 10.1. The fourth-order valence-corrected chi connectivity index (χ4v) is 5.22. The summed E-state index contributed by atoms with van der Waals surface area (Å²) in [7, 11) is 3.24. The Labute approximate surface area is 234 Å². The molecule has 2 heterocycles. The summed E-state index contributed by atoms with van der Waals surface area (Å²) in [6, 6.07) is 9.69. The lowest BCUT2D eigenvalue weighted by Gasteiger charge is -2.22. The van der Waals surface area contributed by atoms with Crippen LogP contribution in [0.5, 0.6) is 0 Å². The number of amides is 1. The largest absolute Gasteiger partial charge is 0.435 e. The minimum absolute atomic E-state index is 0.113. The summed E-state index contributed by atoms with van der Waals surface area (Å²) >= 11 is 12.3. The molecule has 0 unspecified atom stereocenters. The molecule has 5 rings (SSSR count). The first-order valence-corrected chi connectivity index (χ1v) is 13.2. The van der Waals surface area contributed by atoms with Crippen LogP contribution in [0.3, 0.4) is 0 Å². The van der Waals surface area contributed by atoms with Crippen LogP contribution >= 0.6 is 23.2 Å². The highest BCUT2D eigenvalue weighted by Gasteiger charge is 2.38. The summed E-state index contributed by atoms with van der Waals surface area (Å²) < 4.78 is 42.6. The van der Waals surface area contributed by atoms with Crippen LogP contribution in [0, 0.1) is 11.3 Å². The minimum Gasteiger partial charge on any atom is -0.345 e. The van der Waals surface area contributed by atoms with E-state index in [1.807, 2.05) is 18.0 Å². The van der Waals surface area contributed by atoms with Crippen molar-refractivity contribution >= 4 is 35.1 Å². The van der Waals surface area contributed by atoms with Gasteiger partial charge in [0.15, 0.2) is 11.7 Å². The van der Waals surface area contributed by atoms with E-state index in [1.165, 1.54) is 19.3 Å². The molecule has 0 radical (unpaired) electrons. The third kappa shape index (κ3) is 5.86. The van der Waals surface area contributed by atoms with Crippen molar-refractivity contribution in [1.82, 2.24) is 24.9 Å². The first kappa shape index (κ1) is 27.3.